The van der Waals surface area contributed by atoms with Crippen molar-refractivity contribution in [2.75, 3.05) is 0 Å². The molecule has 0 atom stereocenters. The normalized spacial score (nSPS) is 10.2. The molecule has 11 heavy (non-hydrogen) atoms. The number of hydrogen-bond acceptors (Lipinski definition) is 2. The van der Waals surface area contributed by atoms with E-state index in [-0.39, 0.29) is 0 Å². The zero-order valence-corrected chi connectivity index (χ0v) is 6.07. The Morgan fingerprint density at radius 2 is 2.00 bits per heavy atom. The summed E-state index contributed by atoms with van der Waals surface area (Å²) in [5, 5.41) is 11.1. The summed E-state index contributed by atoms with van der Waals surface area (Å²) in [5.74, 6) is 0. The molecule has 0 radical (unpaired) electrons. The number of oxime groups is 1. The Morgan fingerprint density at radius 3 is 2.55 bits per heavy atom. The Bertz CT molecular complexity index is 264. The predicted molar refractivity (Wildman–Crippen MR) is 45.8 cm³/mol. The number of allylic oxidation sites excluding steroid dienone is 1. The van der Waals surface area contributed by atoms with Gasteiger partial charge in [0.15, 0.2) is 0 Å². The van der Waals surface area contributed by atoms with Crippen molar-refractivity contribution in [3.8, 4) is 0 Å². The fourth-order valence-electron chi connectivity index (χ4n) is 0.796. The summed E-state index contributed by atoms with van der Waals surface area (Å²) >= 11 is 0. The third-order valence-corrected chi connectivity index (χ3v) is 1.36. The number of hydrogen-bond donors (Lipinski definition) is 1. The molecule has 0 amide bonds. The fourth-order valence-corrected chi connectivity index (χ4v) is 0.796. The number of nitrogens with zero attached hydrogens (tertiary/aromatic N) is 1. The van der Waals surface area contributed by atoms with Gasteiger partial charge in [-0.3, -0.25) is 0 Å². The van der Waals surface area contributed by atoms with Crippen LogP contribution in [0.25, 0.3) is 5.57 Å². The van der Waals surface area contributed by atoms with Crippen LogP contribution in [0, 0.1) is 0 Å². The van der Waals surface area contributed by atoms with Crippen molar-refractivity contribution in [2.24, 2.45) is 5.16 Å². The molecule has 0 spiro atoms. The van der Waals surface area contributed by atoms with E-state index in [0.717, 1.165) is 5.56 Å². The zero-order valence-electron chi connectivity index (χ0n) is 6.07. The lowest BCUT2D eigenvalue weighted by Crippen LogP contribution is -1.81. The van der Waals surface area contributed by atoms with Gasteiger partial charge in [-0.1, -0.05) is 42.1 Å². The lowest BCUT2D eigenvalue weighted by molar-refractivity contribution is 0.322. The first kappa shape index (κ1) is 7.54. The van der Waals surface area contributed by atoms with E-state index in [1.807, 2.05) is 30.3 Å². The molecule has 1 aromatic carbocycles. The number of benzene rings is 1. The molecular formula is C9H9NO. The molecule has 0 saturated carbocycles. The van der Waals surface area contributed by atoms with Crippen LogP contribution in [0.3, 0.4) is 0 Å². The van der Waals surface area contributed by atoms with E-state index >= 15 is 0 Å². The highest BCUT2D eigenvalue weighted by Gasteiger charge is 1.91. The van der Waals surface area contributed by atoms with E-state index in [1.54, 1.807) is 0 Å². The van der Waals surface area contributed by atoms with Gasteiger partial charge >= 0.3 is 0 Å². The van der Waals surface area contributed by atoms with Crippen LogP contribution < -0.4 is 0 Å². The Hall–Kier alpha value is -1.57. The molecule has 2 nitrogen and oxygen atoms in total. The van der Waals surface area contributed by atoms with Crippen LogP contribution in [0.5, 0.6) is 0 Å². The monoisotopic (exact) mass is 147 g/mol. The van der Waals surface area contributed by atoms with Crippen LogP contribution in [0.15, 0.2) is 42.1 Å². The first-order chi connectivity index (χ1) is 5.34. The van der Waals surface area contributed by atoms with Crippen LogP contribution in [0.4, 0.5) is 0 Å². The van der Waals surface area contributed by atoms with Crippen LogP contribution in [0.1, 0.15) is 5.56 Å². The van der Waals surface area contributed by atoms with E-state index < -0.39 is 0 Å². The molecule has 0 bridgehead atoms. The number of rotatable bonds is 2. The van der Waals surface area contributed by atoms with Gasteiger partial charge in [0.2, 0.25) is 0 Å². The third kappa shape index (κ3) is 1.93. The largest absolute Gasteiger partial charge is 0.411 e. The van der Waals surface area contributed by atoms with E-state index in [9.17, 15) is 0 Å². The molecule has 1 rings (SSSR count). The average molecular weight is 147 g/mol. The predicted octanol–water partition coefficient (Wildman–Crippen LogP) is 2.16. The van der Waals surface area contributed by atoms with Gasteiger partial charge in [-0.25, -0.2) is 0 Å². The molecule has 1 N–H and O–H groups in total. The highest BCUT2D eigenvalue weighted by atomic mass is 16.4. The Balaban J connectivity index is 2.86. The molecule has 0 aliphatic rings. The quantitative estimate of drug-likeness (QED) is 0.388. The lowest BCUT2D eigenvalue weighted by atomic mass is 10.1. The van der Waals surface area contributed by atoms with Gasteiger partial charge in [-0.05, 0) is 11.1 Å². The topological polar surface area (TPSA) is 32.6 Å². The second-order valence-corrected chi connectivity index (χ2v) is 2.14. The van der Waals surface area contributed by atoms with E-state index in [0.29, 0.717) is 5.57 Å². The average Bonchev–Trinajstić information content (AvgIpc) is 2.07. The minimum atomic E-state index is 0.702. The van der Waals surface area contributed by atoms with Gasteiger partial charge in [-0.15, -0.1) is 0 Å². The summed E-state index contributed by atoms with van der Waals surface area (Å²) in [4.78, 5) is 0. The van der Waals surface area contributed by atoms with Crippen molar-refractivity contribution in [2.45, 2.75) is 0 Å². The maximum atomic E-state index is 8.21. The highest BCUT2D eigenvalue weighted by Crippen LogP contribution is 2.08. The summed E-state index contributed by atoms with van der Waals surface area (Å²) in [5.41, 5.74) is 1.67. The lowest BCUT2D eigenvalue weighted by Gasteiger charge is -1.95. The van der Waals surface area contributed by atoms with Crippen molar-refractivity contribution >= 4 is 11.8 Å². The van der Waals surface area contributed by atoms with Gasteiger partial charge in [0, 0.05) is 0 Å². The van der Waals surface area contributed by atoms with Gasteiger partial charge in [0.05, 0.1) is 6.21 Å². The maximum absolute atomic E-state index is 8.21. The van der Waals surface area contributed by atoms with Gasteiger partial charge in [0.25, 0.3) is 0 Å². The van der Waals surface area contributed by atoms with Crippen molar-refractivity contribution in [3.05, 3.63) is 42.5 Å². The van der Waals surface area contributed by atoms with E-state index in [4.69, 9.17) is 5.21 Å². The summed E-state index contributed by atoms with van der Waals surface area (Å²) in [7, 11) is 0. The van der Waals surface area contributed by atoms with Crippen LogP contribution in [-0.4, -0.2) is 11.4 Å². The molecule has 0 aliphatic heterocycles. The first-order valence-corrected chi connectivity index (χ1v) is 3.26. The molecular weight excluding hydrogens is 138 g/mol. The Morgan fingerprint density at radius 1 is 1.36 bits per heavy atom. The molecule has 0 saturated heterocycles. The summed E-state index contributed by atoms with van der Waals surface area (Å²) in [6.07, 6.45) is 1.31. The second-order valence-electron chi connectivity index (χ2n) is 2.14. The van der Waals surface area contributed by atoms with Crippen molar-refractivity contribution in [1.82, 2.24) is 0 Å². The third-order valence-electron chi connectivity index (χ3n) is 1.36. The molecule has 0 aromatic heterocycles. The summed E-state index contributed by atoms with van der Waals surface area (Å²) < 4.78 is 0. The molecule has 0 fully saturated rings. The first-order valence-electron chi connectivity index (χ1n) is 3.26. The minimum Gasteiger partial charge on any atom is -0.411 e. The molecule has 0 heterocycles. The SMILES string of the molecule is C=C(/C=N/O)c1ccccc1. The van der Waals surface area contributed by atoms with Crippen LogP contribution >= 0.6 is 0 Å². The van der Waals surface area contributed by atoms with Crippen LogP contribution in [-0.2, 0) is 0 Å². The standard InChI is InChI=1S/C9H9NO/c1-8(7-10-11)9-5-3-2-4-6-9/h2-7,11H,1H2/b10-7+. The van der Waals surface area contributed by atoms with Gasteiger partial charge in [-0.2, -0.15) is 0 Å². The van der Waals surface area contributed by atoms with Crippen molar-refractivity contribution < 1.29 is 5.21 Å². The fraction of sp³-hybridized carbons (Fsp3) is 0. The summed E-state index contributed by atoms with van der Waals surface area (Å²) in [6.45, 7) is 3.71. The molecule has 0 aliphatic carbocycles. The Labute approximate surface area is 65.5 Å². The molecule has 0 unspecified atom stereocenters. The van der Waals surface area contributed by atoms with Crippen molar-refractivity contribution in [3.63, 3.8) is 0 Å². The zero-order chi connectivity index (χ0) is 8.10. The van der Waals surface area contributed by atoms with Gasteiger partial charge in [0.1, 0.15) is 0 Å². The van der Waals surface area contributed by atoms with Crippen molar-refractivity contribution in [1.29, 1.82) is 0 Å². The van der Waals surface area contributed by atoms with Crippen LogP contribution in [0.2, 0.25) is 0 Å². The second kappa shape index (κ2) is 3.56. The van der Waals surface area contributed by atoms with Gasteiger partial charge < -0.3 is 5.21 Å². The van der Waals surface area contributed by atoms with E-state index in [1.165, 1.54) is 6.21 Å². The van der Waals surface area contributed by atoms with E-state index in [2.05, 4.69) is 11.7 Å². The smallest absolute Gasteiger partial charge is 0.0733 e. The molecule has 1 aromatic rings. The Kier molecular flexibility index (Phi) is 2.44. The maximum Gasteiger partial charge on any atom is 0.0733 e. The summed E-state index contributed by atoms with van der Waals surface area (Å²) in [6, 6.07) is 9.55. The highest BCUT2D eigenvalue weighted by molar-refractivity contribution is 6.08. The molecule has 56 valence electrons. The minimum absolute atomic E-state index is 0.702. The molecule has 2 heteroatoms.